The molecule has 0 unspecified atom stereocenters. The van der Waals surface area contributed by atoms with Gasteiger partial charge in [-0.15, -0.1) is 0 Å². The summed E-state index contributed by atoms with van der Waals surface area (Å²) in [5.41, 5.74) is 11.6. The second-order valence-electron chi connectivity index (χ2n) is 11.0. The molecule has 0 saturated heterocycles. The van der Waals surface area contributed by atoms with E-state index in [2.05, 4.69) is 35.7 Å². The molecular formula is C33H33N5O4. The first-order valence-electron chi connectivity index (χ1n) is 14.2. The predicted molar refractivity (Wildman–Crippen MR) is 162 cm³/mol. The lowest BCUT2D eigenvalue weighted by atomic mass is 9.91. The fourth-order valence-electron chi connectivity index (χ4n) is 6.40. The summed E-state index contributed by atoms with van der Waals surface area (Å²) in [5, 5.41) is 2.54. The summed E-state index contributed by atoms with van der Waals surface area (Å²) < 4.78 is 4.90. The molecular weight excluding hydrogens is 530 g/mol. The van der Waals surface area contributed by atoms with Gasteiger partial charge in [0.25, 0.3) is 11.8 Å². The Hall–Kier alpha value is -4.79. The van der Waals surface area contributed by atoms with Gasteiger partial charge in [0.05, 0.1) is 46.5 Å². The van der Waals surface area contributed by atoms with Crippen molar-refractivity contribution >= 4 is 51.1 Å². The van der Waals surface area contributed by atoms with Crippen molar-refractivity contribution in [1.29, 1.82) is 0 Å². The predicted octanol–water partition coefficient (Wildman–Crippen LogP) is 5.97. The highest BCUT2D eigenvalue weighted by molar-refractivity contribution is 6.23. The Bertz CT molecular complexity index is 1870. The lowest BCUT2D eigenvalue weighted by Crippen LogP contribution is -2.35. The van der Waals surface area contributed by atoms with Crippen LogP contribution in [-0.4, -0.2) is 44.8 Å². The largest absolute Gasteiger partial charge is 0.469 e. The molecule has 2 aromatic heterocycles. The standard InChI is InChI=1S/C33H33N5O4/c1-7-20-15(3)22-12-19-11-18(9-10-27(39)42-6)30(34-19)29-31-28(32(40)38-33(29)41)17(5)24(37-31)14-26-21(8-2)16(4)23(36-26)13-25(20)35-22/h7,12-14,18,34,37H,1,8-11H2,2-6H3,(H,38,40,41)/t18-/m0/s1. The van der Waals surface area contributed by atoms with Gasteiger partial charge in [0.1, 0.15) is 0 Å². The summed E-state index contributed by atoms with van der Waals surface area (Å²) in [5.74, 6) is -1.43. The molecule has 0 radical (unpaired) electrons. The first kappa shape index (κ1) is 27.4. The van der Waals surface area contributed by atoms with Crippen LogP contribution in [0.1, 0.15) is 106 Å². The number of aromatic amines is 2. The third-order valence-electron chi connectivity index (χ3n) is 8.70. The summed E-state index contributed by atoms with van der Waals surface area (Å²) in [6.07, 6.45) is 3.82. The van der Waals surface area contributed by atoms with Crippen LogP contribution < -0.4 is 5.32 Å². The number of aryl methyl sites for hydroxylation is 1. The number of H-pyrrole nitrogens is 2. The number of carbonyl (C=O) groups excluding carboxylic acids is 3. The summed E-state index contributed by atoms with van der Waals surface area (Å²) in [7, 11) is 1.37. The fraction of sp³-hybridized carbons (Fsp3) is 0.303. The van der Waals surface area contributed by atoms with E-state index >= 15 is 0 Å². The minimum absolute atomic E-state index is 0.183. The van der Waals surface area contributed by atoms with Gasteiger partial charge >= 0.3 is 5.97 Å². The zero-order valence-corrected chi connectivity index (χ0v) is 24.4. The van der Waals surface area contributed by atoms with Crippen LogP contribution in [0.25, 0.3) is 33.3 Å². The maximum absolute atomic E-state index is 13.5. The van der Waals surface area contributed by atoms with Crippen molar-refractivity contribution in [2.45, 2.75) is 59.3 Å². The van der Waals surface area contributed by atoms with Crippen LogP contribution in [0.2, 0.25) is 0 Å². The summed E-state index contributed by atoms with van der Waals surface area (Å²) >= 11 is 0. The van der Waals surface area contributed by atoms with Gasteiger partial charge in [0.15, 0.2) is 0 Å². The molecule has 0 aliphatic carbocycles. The van der Waals surface area contributed by atoms with Crippen molar-refractivity contribution in [2.24, 2.45) is 0 Å². The van der Waals surface area contributed by atoms with Crippen LogP contribution >= 0.6 is 0 Å². The molecule has 9 nitrogen and oxygen atoms in total. The van der Waals surface area contributed by atoms with Crippen LogP contribution in [0.3, 0.4) is 0 Å². The second-order valence-corrected chi connectivity index (χ2v) is 11.0. The number of nitrogens with one attached hydrogen (secondary N) is 3. The fourth-order valence-corrected chi connectivity index (χ4v) is 6.40. The lowest BCUT2D eigenvalue weighted by molar-refractivity contribution is -0.140. The molecule has 4 aliphatic rings. The molecule has 0 aromatic carbocycles. The molecule has 2 aromatic rings. The Kier molecular flexibility index (Phi) is 6.68. The van der Waals surface area contributed by atoms with Crippen molar-refractivity contribution in [3.63, 3.8) is 0 Å². The van der Waals surface area contributed by atoms with Gasteiger partial charge in [0, 0.05) is 34.8 Å². The van der Waals surface area contributed by atoms with E-state index in [9.17, 15) is 14.4 Å². The van der Waals surface area contributed by atoms with Crippen LogP contribution in [0.15, 0.2) is 30.9 Å². The normalized spacial score (nSPS) is 16.9. The molecule has 8 bridgehead atoms. The number of imide groups is 1. The van der Waals surface area contributed by atoms with E-state index in [0.29, 0.717) is 40.7 Å². The van der Waals surface area contributed by atoms with E-state index in [1.165, 1.54) is 7.11 Å². The number of carbonyl (C=O) groups is 3. The molecule has 6 heterocycles. The van der Waals surface area contributed by atoms with Crippen LogP contribution in [0.5, 0.6) is 0 Å². The molecule has 0 fully saturated rings. The molecule has 3 N–H and O–H groups in total. The maximum Gasteiger partial charge on any atom is 0.305 e. The molecule has 42 heavy (non-hydrogen) atoms. The summed E-state index contributed by atoms with van der Waals surface area (Å²) in [6.45, 7) is 12.1. The van der Waals surface area contributed by atoms with Crippen molar-refractivity contribution in [3.05, 3.63) is 81.7 Å². The molecule has 0 spiro atoms. The van der Waals surface area contributed by atoms with Crippen LogP contribution in [0, 0.1) is 6.92 Å². The first-order chi connectivity index (χ1) is 20.1. The number of ether oxygens (including phenoxy) is 1. The number of hydrogen-bond donors (Lipinski definition) is 3. The Labute approximate surface area is 243 Å². The van der Waals surface area contributed by atoms with Gasteiger partial charge in [-0.05, 0) is 80.5 Å². The van der Waals surface area contributed by atoms with E-state index in [0.717, 1.165) is 62.7 Å². The summed E-state index contributed by atoms with van der Waals surface area (Å²) in [6, 6.07) is 5.95. The second kappa shape index (κ2) is 10.2. The minimum atomic E-state index is -0.486. The lowest BCUT2D eigenvalue weighted by Gasteiger charge is -2.17. The number of allylic oxidation sites excluding steroid dienone is 5. The van der Waals surface area contributed by atoms with Gasteiger partial charge in [0.2, 0.25) is 0 Å². The van der Waals surface area contributed by atoms with Gasteiger partial charge < -0.3 is 14.7 Å². The number of fused-ring (bicyclic) bond motifs is 8. The average molecular weight is 564 g/mol. The molecule has 0 saturated carbocycles. The van der Waals surface area contributed by atoms with E-state index in [1.54, 1.807) is 0 Å². The average Bonchev–Trinajstić information content (AvgIpc) is 3.66. The maximum atomic E-state index is 13.5. The number of rotatable bonds is 5. The smallest absolute Gasteiger partial charge is 0.305 e. The third-order valence-corrected chi connectivity index (χ3v) is 8.70. The highest BCUT2D eigenvalue weighted by Gasteiger charge is 2.34. The van der Waals surface area contributed by atoms with Gasteiger partial charge in [-0.3, -0.25) is 19.7 Å². The Balaban J connectivity index is 1.75. The number of hydrogen-bond acceptors (Lipinski definition) is 6. The zero-order valence-electron chi connectivity index (χ0n) is 24.4. The SMILES string of the molecule is C=CC1=C(C)c2cc3[nH]c(c4c5[nH]c(cc6nc(cc1n2)C(C)=C6CC)c(C)c5C(=O)NC4=O)[C@@H](CCC(=O)OC)C3. The van der Waals surface area contributed by atoms with Gasteiger partial charge in [-0.1, -0.05) is 19.6 Å². The quantitative estimate of drug-likeness (QED) is 0.304. The highest BCUT2D eigenvalue weighted by atomic mass is 16.5. The number of nitrogens with zero attached hydrogens (tertiary/aromatic N) is 2. The van der Waals surface area contributed by atoms with Crippen LogP contribution in [-0.2, 0) is 16.0 Å². The molecule has 214 valence electrons. The Morgan fingerprint density at radius 1 is 1.00 bits per heavy atom. The topological polar surface area (TPSA) is 130 Å². The third kappa shape index (κ3) is 4.27. The van der Waals surface area contributed by atoms with Crippen LogP contribution in [0.4, 0.5) is 0 Å². The van der Waals surface area contributed by atoms with Gasteiger partial charge in [-0.25, -0.2) is 9.97 Å². The Morgan fingerprint density at radius 2 is 1.71 bits per heavy atom. The van der Waals surface area contributed by atoms with Crippen molar-refractivity contribution in [2.75, 3.05) is 7.11 Å². The number of amides is 2. The number of esters is 1. The van der Waals surface area contributed by atoms with Crippen molar-refractivity contribution in [1.82, 2.24) is 25.3 Å². The van der Waals surface area contributed by atoms with Crippen molar-refractivity contribution < 1.29 is 19.1 Å². The van der Waals surface area contributed by atoms with E-state index in [4.69, 9.17) is 14.7 Å². The van der Waals surface area contributed by atoms with E-state index in [1.807, 2.05) is 38.1 Å². The number of methoxy groups -OCH3 is 1. The van der Waals surface area contributed by atoms with E-state index < -0.39 is 11.8 Å². The first-order valence-corrected chi connectivity index (χ1v) is 14.2. The highest BCUT2D eigenvalue weighted by Crippen LogP contribution is 2.39. The Morgan fingerprint density at radius 3 is 2.43 bits per heavy atom. The number of aromatic nitrogens is 4. The minimum Gasteiger partial charge on any atom is -0.469 e. The van der Waals surface area contributed by atoms with E-state index in [-0.39, 0.29) is 18.3 Å². The monoisotopic (exact) mass is 563 g/mol. The van der Waals surface area contributed by atoms with Gasteiger partial charge in [-0.2, -0.15) is 0 Å². The summed E-state index contributed by atoms with van der Waals surface area (Å²) in [4.78, 5) is 55.5. The molecule has 2 amide bonds. The molecule has 4 aliphatic heterocycles. The molecule has 6 rings (SSSR count). The molecule has 9 heteroatoms. The molecule has 1 atom stereocenters. The van der Waals surface area contributed by atoms with Crippen molar-refractivity contribution in [3.8, 4) is 0 Å². The zero-order chi connectivity index (χ0) is 29.9.